The second-order valence-electron chi connectivity index (χ2n) is 8.76. The molecule has 2 aliphatic rings. The molecule has 4 rings (SSSR count). The van der Waals surface area contributed by atoms with Crippen molar-refractivity contribution in [1.29, 1.82) is 0 Å². The Morgan fingerprint density at radius 1 is 1.14 bits per heavy atom. The number of aryl methyl sites for hydroxylation is 1. The summed E-state index contributed by atoms with van der Waals surface area (Å²) >= 11 is 0. The normalized spacial score (nSPS) is 22.0. The van der Waals surface area contributed by atoms with Crippen molar-refractivity contribution in [1.82, 2.24) is 19.9 Å². The van der Waals surface area contributed by atoms with Crippen molar-refractivity contribution in [2.24, 2.45) is 5.92 Å². The van der Waals surface area contributed by atoms with Gasteiger partial charge in [-0.2, -0.15) is 0 Å². The molecule has 0 spiro atoms. The van der Waals surface area contributed by atoms with E-state index >= 15 is 0 Å². The molecule has 1 aliphatic carbocycles. The molecule has 5 nitrogen and oxygen atoms in total. The van der Waals surface area contributed by atoms with Gasteiger partial charge in [0, 0.05) is 44.1 Å². The van der Waals surface area contributed by atoms with E-state index in [0.717, 1.165) is 43.0 Å². The van der Waals surface area contributed by atoms with Crippen LogP contribution in [0, 0.1) is 12.8 Å². The topological polar surface area (TPSA) is 45.4 Å². The minimum absolute atomic E-state index is 0.733. The Morgan fingerprint density at radius 3 is 2.79 bits per heavy atom. The quantitative estimate of drug-likeness (QED) is 0.709. The molecule has 2 fully saturated rings. The molecule has 0 amide bonds. The standard InChI is InChI=1S/C23H34N4O/c1-19-13-23(28-25-19)18-26(15-20-7-5-11-24-14-20)16-21-8-6-12-27(17-21)22-9-3-2-4-10-22/h5,7,11,13-14,21-22H,2-4,6,8-10,12,15-18H2,1H3. The fourth-order valence-corrected chi connectivity index (χ4v) is 5.04. The lowest BCUT2D eigenvalue weighted by Crippen LogP contribution is -2.46. The van der Waals surface area contributed by atoms with E-state index in [9.17, 15) is 0 Å². The average molecular weight is 383 g/mol. The zero-order valence-corrected chi connectivity index (χ0v) is 17.2. The third-order valence-corrected chi connectivity index (χ3v) is 6.34. The number of rotatable bonds is 7. The predicted octanol–water partition coefficient (Wildman–Crippen LogP) is 4.42. The Bertz CT molecular complexity index is 710. The molecule has 1 saturated heterocycles. The monoisotopic (exact) mass is 382 g/mol. The van der Waals surface area contributed by atoms with Crippen molar-refractivity contribution in [3.63, 3.8) is 0 Å². The molecule has 0 radical (unpaired) electrons. The zero-order chi connectivity index (χ0) is 19.2. The van der Waals surface area contributed by atoms with Gasteiger partial charge in [-0.1, -0.05) is 30.5 Å². The van der Waals surface area contributed by atoms with Crippen molar-refractivity contribution in [3.8, 4) is 0 Å². The third-order valence-electron chi connectivity index (χ3n) is 6.34. The molecule has 1 aliphatic heterocycles. The highest BCUT2D eigenvalue weighted by atomic mass is 16.5. The van der Waals surface area contributed by atoms with Crippen LogP contribution in [0.4, 0.5) is 0 Å². The first-order valence-corrected chi connectivity index (χ1v) is 11.0. The lowest BCUT2D eigenvalue weighted by molar-refractivity contribution is 0.0750. The number of hydrogen-bond donors (Lipinski definition) is 0. The summed E-state index contributed by atoms with van der Waals surface area (Å²) in [5.41, 5.74) is 2.22. The molecule has 3 heterocycles. The van der Waals surface area contributed by atoms with Gasteiger partial charge in [0.15, 0.2) is 5.76 Å². The number of piperidine rings is 1. The number of likely N-dealkylation sites (tertiary alicyclic amines) is 1. The van der Waals surface area contributed by atoms with Crippen molar-refractivity contribution in [3.05, 3.63) is 47.6 Å². The summed E-state index contributed by atoms with van der Waals surface area (Å²) in [5, 5.41) is 4.07. The van der Waals surface area contributed by atoms with Crippen molar-refractivity contribution in [2.45, 2.75) is 71.0 Å². The Balaban J connectivity index is 1.40. The van der Waals surface area contributed by atoms with Gasteiger partial charge < -0.3 is 9.42 Å². The van der Waals surface area contributed by atoms with Crippen LogP contribution in [0.2, 0.25) is 0 Å². The maximum absolute atomic E-state index is 5.52. The van der Waals surface area contributed by atoms with Gasteiger partial charge in [0.2, 0.25) is 0 Å². The van der Waals surface area contributed by atoms with Crippen LogP contribution in [0.25, 0.3) is 0 Å². The van der Waals surface area contributed by atoms with E-state index in [1.54, 1.807) is 0 Å². The van der Waals surface area contributed by atoms with Gasteiger partial charge >= 0.3 is 0 Å². The van der Waals surface area contributed by atoms with Gasteiger partial charge in [0.05, 0.1) is 12.2 Å². The summed E-state index contributed by atoms with van der Waals surface area (Å²) in [4.78, 5) is 9.62. The Kier molecular flexibility index (Phi) is 6.76. The first kappa shape index (κ1) is 19.6. The third kappa shape index (κ3) is 5.42. The zero-order valence-electron chi connectivity index (χ0n) is 17.2. The second-order valence-corrected chi connectivity index (χ2v) is 8.76. The van der Waals surface area contributed by atoms with E-state index in [0.29, 0.717) is 0 Å². The first-order chi connectivity index (χ1) is 13.8. The SMILES string of the molecule is Cc1cc(CN(Cc2cccnc2)CC2CCCN(C3CCCCC3)C2)on1. The Morgan fingerprint density at radius 2 is 2.04 bits per heavy atom. The largest absolute Gasteiger partial charge is 0.360 e. The highest BCUT2D eigenvalue weighted by molar-refractivity contribution is 5.09. The molecule has 0 N–H and O–H groups in total. The second kappa shape index (κ2) is 9.66. The van der Waals surface area contributed by atoms with Crippen LogP contribution in [0.3, 0.4) is 0 Å². The van der Waals surface area contributed by atoms with E-state index in [1.807, 2.05) is 25.4 Å². The summed E-state index contributed by atoms with van der Waals surface area (Å²) in [5.74, 6) is 1.69. The highest BCUT2D eigenvalue weighted by Gasteiger charge is 2.28. The lowest BCUT2D eigenvalue weighted by atomic mass is 9.90. The molecular weight excluding hydrogens is 348 g/mol. The number of aromatic nitrogens is 2. The van der Waals surface area contributed by atoms with Gasteiger partial charge in [0.25, 0.3) is 0 Å². The summed E-state index contributed by atoms with van der Waals surface area (Å²) in [6, 6.07) is 7.09. The smallest absolute Gasteiger partial charge is 0.150 e. The lowest BCUT2D eigenvalue weighted by Gasteiger charge is -2.41. The van der Waals surface area contributed by atoms with Crippen LogP contribution >= 0.6 is 0 Å². The van der Waals surface area contributed by atoms with Gasteiger partial charge in [0.1, 0.15) is 0 Å². The minimum Gasteiger partial charge on any atom is -0.360 e. The molecule has 1 atom stereocenters. The van der Waals surface area contributed by atoms with E-state index in [-0.39, 0.29) is 0 Å². The maximum Gasteiger partial charge on any atom is 0.150 e. The Hall–Kier alpha value is -1.72. The van der Waals surface area contributed by atoms with Crippen molar-refractivity contribution >= 4 is 0 Å². The fourth-order valence-electron chi connectivity index (χ4n) is 5.04. The Labute approximate surface area is 169 Å². The van der Waals surface area contributed by atoms with Crippen molar-refractivity contribution < 1.29 is 4.52 Å². The summed E-state index contributed by atoms with van der Waals surface area (Å²) in [6.07, 6.45) is 13.6. The molecule has 5 heteroatoms. The molecule has 0 aromatic carbocycles. The van der Waals surface area contributed by atoms with Crippen LogP contribution in [0.1, 0.15) is 62.0 Å². The van der Waals surface area contributed by atoms with Crippen LogP contribution in [-0.2, 0) is 13.1 Å². The minimum atomic E-state index is 0.733. The summed E-state index contributed by atoms with van der Waals surface area (Å²) in [7, 11) is 0. The van der Waals surface area contributed by atoms with E-state index < -0.39 is 0 Å². The van der Waals surface area contributed by atoms with E-state index in [1.165, 1.54) is 63.6 Å². The molecule has 2 aromatic rings. The number of nitrogens with zero attached hydrogens (tertiary/aromatic N) is 4. The van der Waals surface area contributed by atoms with Crippen LogP contribution in [0.5, 0.6) is 0 Å². The van der Waals surface area contributed by atoms with Gasteiger partial charge in [-0.05, 0) is 56.7 Å². The number of hydrogen-bond acceptors (Lipinski definition) is 5. The fraction of sp³-hybridized carbons (Fsp3) is 0.652. The molecule has 2 aromatic heterocycles. The molecule has 152 valence electrons. The van der Waals surface area contributed by atoms with Gasteiger partial charge in [-0.15, -0.1) is 0 Å². The van der Waals surface area contributed by atoms with Crippen LogP contribution in [-0.4, -0.2) is 45.6 Å². The predicted molar refractivity (Wildman–Crippen MR) is 111 cm³/mol. The van der Waals surface area contributed by atoms with E-state index in [4.69, 9.17) is 4.52 Å². The summed E-state index contributed by atoms with van der Waals surface area (Å²) in [6.45, 7) is 7.37. The van der Waals surface area contributed by atoms with Gasteiger partial charge in [-0.25, -0.2) is 0 Å². The molecule has 28 heavy (non-hydrogen) atoms. The van der Waals surface area contributed by atoms with Gasteiger partial charge in [-0.3, -0.25) is 9.88 Å². The summed E-state index contributed by atoms with van der Waals surface area (Å²) < 4.78 is 5.52. The molecule has 1 saturated carbocycles. The maximum atomic E-state index is 5.52. The van der Waals surface area contributed by atoms with Crippen LogP contribution in [0.15, 0.2) is 35.1 Å². The average Bonchev–Trinajstić information content (AvgIpc) is 3.14. The van der Waals surface area contributed by atoms with Crippen molar-refractivity contribution in [2.75, 3.05) is 19.6 Å². The molecule has 0 bridgehead atoms. The molecule has 1 unspecified atom stereocenters. The van der Waals surface area contributed by atoms with E-state index in [2.05, 4.69) is 32.1 Å². The first-order valence-electron chi connectivity index (χ1n) is 11.0. The van der Waals surface area contributed by atoms with Crippen LogP contribution < -0.4 is 0 Å². The highest BCUT2D eigenvalue weighted by Crippen LogP contribution is 2.28. The number of pyridine rings is 1. The molecular formula is C23H34N4O.